The van der Waals surface area contributed by atoms with Gasteiger partial charge in [-0.15, -0.1) is 0 Å². The van der Waals surface area contributed by atoms with E-state index in [9.17, 15) is 0 Å². The zero-order chi connectivity index (χ0) is 11.6. The fourth-order valence-corrected chi connectivity index (χ4v) is 1.75. The van der Waals surface area contributed by atoms with Crippen molar-refractivity contribution in [1.29, 1.82) is 0 Å². The molecule has 90 valence electrons. The van der Waals surface area contributed by atoms with Crippen LogP contribution in [-0.4, -0.2) is 26.2 Å². The number of nitrogens with one attached hydrogen (secondary N) is 1. The predicted octanol–water partition coefficient (Wildman–Crippen LogP) is 2.90. The van der Waals surface area contributed by atoms with Crippen LogP contribution in [0.4, 0.5) is 5.69 Å². The molecule has 0 fully saturated rings. The normalized spacial score (nSPS) is 10.4. The highest BCUT2D eigenvalue weighted by Crippen LogP contribution is 2.13. The lowest BCUT2D eigenvalue weighted by molar-refractivity contribution is 0.658. The number of rotatable bonds is 8. The SMILES string of the molecule is CCCCN(CCNCC)c1ccccc1. The summed E-state index contributed by atoms with van der Waals surface area (Å²) < 4.78 is 0. The lowest BCUT2D eigenvalue weighted by Gasteiger charge is -2.24. The number of likely N-dealkylation sites (N-methyl/N-ethyl adjacent to an activating group) is 1. The van der Waals surface area contributed by atoms with Crippen molar-refractivity contribution in [1.82, 2.24) is 5.32 Å². The van der Waals surface area contributed by atoms with Crippen LogP contribution >= 0.6 is 0 Å². The number of hydrogen-bond donors (Lipinski definition) is 1. The summed E-state index contributed by atoms with van der Waals surface area (Å²) in [5, 5.41) is 3.38. The number of nitrogens with zero attached hydrogens (tertiary/aromatic N) is 1. The Kier molecular flexibility index (Phi) is 6.66. The van der Waals surface area contributed by atoms with E-state index in [1.54, 1.807) is 0 Å². The second-order valence-corrected chi connectivity index (χ2v) is 4.03. The highest BCUT2D eigenvalue weighted by molar-refractivity contribution is 5.45. The van der Waals surface area contributed by atoms with E-state index >= 15 is 0 Å². The van der Waals surface area contributed by atoms with E-state index < -0.39 is 0 Å². The molecule has 2 heteroatoms. The molecule has 0 aromatic heterocycles. The van der Waals surface area contributed by atoms with Gasteiger partial charge in [0.2, 0.25) is 0 Å². The van der Waals surface area contributed by atoms with Crippen LogP contribution in [0.15, 0.2) is 30.3 Å². The van der Waals surface area contributed by atoms with E-state index in [1.807, 2.05) is 0 Å². The zero-order valence-corrected chi connectivity index (χ0v) is 10.6. The number of anilines is 1. The molecule has 0 aliphatic carbocycles. The van der Waals surface area contributed by atoms with Crippen molar-refractivity contribution in [3.8, 4) is 0 Å². The Hall–Kier alpha value is -1.02. The third-order valence-electron chi connectivity index (χ3n) is 2.71. The van der Waals surface area contributed by atoms with Gasteiger partial charge >= 0.3 is 0 Å². The molecule has 0 atom stereocenters. The van der Waals surface area contributed by atoms with Crippen LogP contribution in [0.5, 0.6) is 0 Å². The molecule has 1 N–H and O–H groups in total. The van der Waals surface area contributed by atoms with Gasteiger partial charge in [-0.25, -0.2) is 0 Å². The Morgan fingerprint density at radius 2 is 1.81 bits per heavy atom. The van der Waals surface area contributed by atoms with E-state index in [0.717, 1.165) is 26.2 Å². The minimum Gasteiger partial charge on any atom is -0.370 e. The molecule has 0 unspecified atom stereocenters. The van der Waals surface area contributed by atoms with Gasteiger partial charge in [0.15, 0.2) is 0 Å². The van der Waals surface area contributed by atoms with Crippen molar-refractivity contribution >= 4 is 5.69 Å². The molecule has 0 amide bonds. The summed E-state index contributed by atoms with van der Waals surface area (Å²) in [4.78, 5) is 2.46. The maximum atomic E-state index is 3.38. The van der Waals surface area contributed by atoms with Gasteiger partial charge in [-0.1, -0.05) is 38.5 Å². The fourth-order valence-electron chi connectivity index (χ4n) is 1.75. The largest absolute Gasteiger partial charge is 0.370 e. The van der Waals surface area contributed by atoms with Crippen molar-refractivity contribution < 1.29 is 0 Å². The maximum Gasteiger partial charge on any atom is 0.0366 e. The van der Waals surface area contributed by atoms with E-state index in [4.69, 9.17) is 0 Å². The van der Waals surface area contributed by atoms with Gasteiger partial charge in [-0.2, -0.15) is 0 Å². The van der Waals surface area contributed by atoms with Crippen LogP contribution in [0.1, 0.15) is 26.7 Å². The first-order valence-corrected chi connectivity index (χ1v) is 6.39. The third-order valence-corrected chi connectivity index (χ3v) is 2.71. The minimum atomic E-state index is 1.05. The average molecular weight is 220 g/mol. The molecule has 0 aliphatic heterocycles. The van der Waals surface area contributed by atoms with Gasteiger partial charge in [-0.05, 0) is 25.1 Å². The molecule has 1 rings (SSSR count). The Labute approximate surface area is 99.7 Å². The Morgan fingerprint density at radius 3 is 2.44 bits per heavy atom. The first-order chi connectivity index (χ1) is 7.88. The molecule has 0 radical (unpaired) electrons. The molecule has 1 aromatic rings. The number of hydrogen-bond acceptors (Lipinski definition) is 2. The van der Waals surface area contributed by atoms with Crippen molar-refractivity contribution in [3.63, 3.8) is 0 Å². The van der Waals surface area contributed by atoms with Crippen LogP contribution in [-0.2, 0) is 0 Å². The van der Waals surface area contributed by atoms with Gasteiger partial charge in [0.05, 0.1) is 0 Å². The van der Waals surface area contributed by atoms with Gasteiger partial charge in [0.1, 0.15) is 0 Å². The highest BCUT2D eigenvalue weighted by Gasteiger charge is 2.04. The van der Waals surface area contributed by atoms with Crippen LogP contribution in [0.3, 0.4) is 0 Å². The molecule has 2 nitrogen and oxygen atoms in total. The van der Waals surface area contributed by atoms with Crippen molar-refractivity contribution in [2.24, 2.45) is 0 Å². The first-order valence-electron chi connectivity index (χ1n) is 6.39. The first kappa shape index (κ1) is 13.0. The zero-order valence-electron chi connectivity index (χ0n) is 10.6. The maximum absolute atomic E-state index is 3.38. The summed E-state index contributed by atoms with van der Waals surface area (Å²) >= 11 is 0. The smallest absolute Gasteiger partial charge is 0.0366 e. The Balaban J connectivity index is 2.49. The second kappa shape index (κ2) is 8.17. The molecule has 0 aliphatic rings. The lowest BCUT2D eigenvalue weighted by atomic mass is 10.2. The summed E-state index contributed by atoms with van der Waals surface area (Å²) in [5.74, 6) is 0. The predicted molar refractivity (Wildman–Crippen MR) is 72.1 cm³/mol. The van der Waals surface area contributed by atoms with Crippen molar-refractivity contribution in [2.45, 2.75) is 26.7 Å². The van der Waals surface area contributed by atoms with Crippen molar-refractivity contribution in [2.75, 3.05) is 31.1 Å². The quantitative estimate of drug-likeness (QED) is 0.678. The molecule has 0 spiro atoms. The number of para-hydroxylation sites is 1. The summed E-state index contributed by atoms with van der Waals surface area (Å²) in [7, 11) is 0. The molecule has 1 aromatic carbocycles. The van der Waals surface area contributed by atoms with Crippen LogP contribution in [0.2, 0.25) is 0 Å². The molecular weight excluding hydrogens is 196 g/mol. The molecule has 0 bridgehead atoms. The van der Waals surface area contributed by atoms with Crippen LogP contribution in [0, 0.1) is 0 Å². The monoisotopic (exact) mass is 220 g/mol. The second-order valence-electron chi connectivity index (χ2n) is 4.03. The highest BCUT2D eigenvalue weighted by atomic mass is 15.1. The van der Waals surface area contributed by atoms with Gasteiger partial charge in [-0.3, -0.25) is 0 Å². The molecule has 0 saturated heterocycles. The number of unbranched alkanes of at least 4 members (excludes halogenated alkanes) is 1. The van der Waals surface area contributed by atoms with Gasteiger partial charge in [0, 0.05) is 25.3 Å². The molecular formula is C14H24N2. The Bertz CT molecular complexity index is 259. The molecule has 0 heterocycles. The molecule has 0 saturated carbocycles. The van der Waals surface area contributed by atoms with Gasteiger partial charge in [0.25, 0.3) is 0 Å². The Morgan fingerprint density at radius 1 is 1.06 bits per heavy atom. The topological polar surface area (TPSA) is 15.3 Å². The van der Waals surface area contributed by atoms with E-state index in [0.29, 0.717) is 0 Å². The summed E-state index contributed by atoms with van der Waals surface area (Å²) in [5.41, 5.74) is 1.34. The van der Waals surface area contributed by atoms with Crippen LogP contribution < -0.4 is 10.2 Å². The summed E-state index contributed by atoms with van der Waals surface area (Å²) in [6.45, 7) is 8.77. The van der Waals surface area contributed by atoms with Crippen LogP contribution in [0.25, 0.3) is 0 Å². The van der Waals surface area contributed by atoms with E-state index in [2.05, 4.69) is 54.4 Å². The van der Waals surface area contributed by atoms with E-state index in [-0.39, 0.29) is 0 Å². The molecule has 16 heavy (non-hydrogen) atoms. The van der Waals surface area contributed by atoms with E-state index in [1.165, 1.54) is 18.5 Å². The average Bonchev–Trinajstić information content (AvgIpc) is 2.35. The lowest BCUT2D eigenvalue weighted by Crippen LogP contribution is -2.32. The van der Waals surface area contributed by atoms with Gasteiger partial charge < -0.3 is 10.2 Å². The number of benzene rings is 1. The minimum absolute atomic E-state index is 1.05. The standard InChI is InChI=1S/C14H24N2/c1-3-5-12-16(13-11-15-4-2)14-9-7-6-8-10-14/h6-10,15H,3-5,11-13H2,1-2H3. The van der Waals surface area contributed by atoms with Crippen molar-refractivity contribution in [3.05, 3.63) is 30.3 Å². The fraction of sp³-hybridized carbons (Fsp3) is 0.571. The summed E-state index contributed by atoms with van der Waals surface area (Å²) in [6.07, 6.45) is 2.52. The third kappa shape index (κ3) is 4.67. The summed E-state index contributed by atoms with van der Waals surface area (Å²) in [6, 6.07) is 10.7.